The van der Waals surface area contributed by atoms with Gasteiger partial charge in [0, 0.05) is 30.9 Å². The van der Waals surface area contributed by atoms with Crippen molar-refractivity contribution in [1.82, 2.24) is 9.97 Å². The molecule has 0 saturated heterocycles. The third-order valence-electron chi connectivity index (χ3n) is 9.45. The topological polar surface area (TPSA) is 81.6 Å². The Morgan fingerprint density at radius 3 is 1.26 bits per heavy atom. The quantitative estimate of drug-likeness (QED) is 0.107. The van der Waals surface area contributed by atoms with Gasteiger partial charge in [-0.05, 0) is 107 Å². The Hall–Kier alpha value is -6.94. The first kappa shape index (κ1) is 35.7. The number of carbonyl (C=O) groups excluding carboxylic acids is 2. The predicted octanol–water partition coefficient (Wildman–Crippen LogP) is 12.9. The Kier molecular flexibility index (Phi) is 9.59. The molecule has 0 spiro atoms. The standard InChI is InChI=1S/C48H33N3O4S2/c1-30(52)54-43-28-34(20-26-39(43)47-49-41-12-6-8-14-45(41)56-47)32-16-22-37(23-17-32)51(36-10-4-3-5-11-36)38-24-18-33(19-25-38)35-21-27-40(44(29-35)55-31(2)53)48-50-42-13-7-9-15-46(42)57-48/h3-29H,1-2H3. The molecule has 0 fully saturated rings. The Labute approximate surface area is 337 Å². The van der Waals surface area contributed by atoms with Crippen molar-refractivity contribution < 1.29 is 19.1 Å². The summed E-state index contributed by atoms with van der Waals surface area (Å²) in [6.45, 7) is 2.82. The fraction of sp³-hybridized carbons (Fsp3) is 0.0417. The number of nitrogens with zero attached hydrogens (tertiary/aromatic N) is 3. The highest BCUT2D eigenvalue weighted by atomic mass is 32.1. The van der Waals surface area contributed by atoms with Gasteiger partial charge in [0.25, 0.3) is 0 Å². The van der Waals surface area contributed by atoms with E-state index in [4.69, 9.17) is 19.4 Å². The van der Waals surface area contributed by atoms with E-state index in [1.54, 1.807) is 22.7 Å². The molecule has 0 saturated carbocycles. The summed E-state index contributed by atoms with van der Waals surface area (Å²) in [5, 5.41) is 1.59. The second kappa shape index (κ2) is 15.3. The van der Waals surface area contributed by atoms with Gasteiger partial charge >= 0.3 is 11.9 Å². The number of hydrogen-bond acceptors (Lipinski definition) is 9. The Bertz CT molecular complexity index is 2670. The van der Waals surface area contributed by atoms with E-state index in [0.717, 1.165) is 80.9 Å². The molecule has 7 nitrogen and oxygen atoms in total. The molecule has 0 aliphatic heterocycles. The average Bonchev–Trinajstić information content (AvgIpc) is 3.86. The van der Waals surface area contributed by atoms with Gasteiger partial charge in [-0.1, -0.05) is 78.9 Å². The van der Waals surface area contributed by atoms with E-state index in [-0.39, 0.29) is 11.9 Å². The third kappa shape index (κ3) is 7.41. The smallest absolute Gasteiger partial charge is 0.308 e. The van der Waals surface area contributed by atoms with Crippen LogP contribution in [0, 0.1) is 0 Å². The lowest BCUT2D eigenvalue weighted by Crippen LogP contribution is -2.09. The first-order valence-electron chi connectivity index (χ1n) is 18.3. The average molecular weight is 780 g/mol. The maximum Gasteiger partial charge on any atom is 0.308 e. The molecule has 0 amide bonds. The molecule has 0 N–H and O–H groups in total. The molecule has 276 valence electrons. The minimum atomic E-state index is -0.388. The van der Waals surface area contributed by atoms with Crippen molar-refractivity contribution in [2.45, 2.75) is 13.8 Å². The number of para-hydroxylation sites is 3. The van der Waals surface area contributed by atoms with Gasteiger partial charge < -0.3 is 14.4 Å². The minimum Gasteiger partial charge on any atom is -0.426 e. The van der Waals surface area contributed by atoms with Crippen molar-refractivity contribution in [2.24, 2.45) is 0 Å². The Balaban J connectivity index is 1.02. The van der Waals surface area contributed by atoms with E-state index >= 15 is 0 Å². The number of thiazole rings is 2. The van der Waals surface area contributed by atoms with Gasteiger partial charge in [-0.15, -0.1) is 22.7 Å². The highest BCUT2D eigenvalue weighted by Crippen LogP contribution is 2.42. The van der Waals surface area contributed by atoms with Gasteiger partial charge in [0.2, 0.25) is 0 Å². The van der Waals surface area contributed by atoms with Crippen LogP contribution in [-0.2, 0) is 9.59 Å². The maximum absolute atomic E-state index is 12.2. The number of ether oxygens (including phenoxy) is 2. The maximum atomic E-state index is 12.2. The van der Waals surface area contributed by atoms with Crippen molar-refractivity contribution in [3.63, 3.8) is 0 Å². The number of aromatic nitrogens is 2. The lowest BCUT2D eigenvalue weighted by atomic mass is 10.0. The molecule has 7 aromatic carbocycles. The molecule has 0 radical (unpaired) electrons. The second-order valence-electron chi connectivity index (χ2n) is 13.3. The number of fused-ring (bicyclic) bond motifs is 2. The summed E-state index contributed by atoms with van der Waals surface area (Å²) < 4.78 is 13.6. The van der Waals surface area contributed by atoms with Crippen LogP contribution < -0.4 is 14.4 Å². The molecule has 2 heterocycles. The summed E-state index contributed by atoms with van der Waals surface area (Å²) in [6, 6.07) is 54.7. The molecule has 0 atom stereocenters. The van der Waals surface area contributed by atoms with Crippen molar-refractivity contribution in [2.75, 3.05) is 4.90 Å². The largest absolute Gasteiger partial charge is 0.426 e. The Morgan fingerprint density at radius 1 is 0.456 bits per heavy atom. The molecule has 2 aromatic heterocycles. The van der Waals surface area contributed by atoms with Crippen molar-refractivity contribution >= 4 is 72.1 Å². The monoisotopic (exact) mass is 779 g/mol. The van der Waals surface area contributed by atoms with Crippen LogP contribution in [0.25, 0.3) is 63.8 Å². The normalized spacial score (nSPS) is 11.1. The molecule has 57 heavy (non-hydrogen) atoms. The highest BCUT2D eigenvalue weighted by Gasteiger charge is 2.18. The third-order valence-corrected chi connectivity index (χ3v) is 11.6. The zero-order valence-electron chi connectivity index (χ0n) is 30.9. The Morgan fingerprint density at radius 2 is 0.842 bits per heavy atom. The summed E-state index contributed by atoms with van der Waals surface area (Å²) in [5.74, 6) is 0.169. The lowest BCUT2D eigenvalue weighted by molar-refractivity contribution is -0.132. The van der Waals surface area contributed by atoms with Gasteiger partial charge in [0.1, 0.15) is 21.5 Å². The van der Waals surface area contributed by atoms with Gasteiger partial charge in [0.05, 0.1) is 31.6 Å². The van der Waals surface area contributed by atoms with E-state index in [2.05, 4.69) is 65.6 Å². The summed E-state index contributed by atoms with van der Waals surface area (Å²) in [5.41, 5.74) is 10.1. The van der Waals surface area contributed by atoms with Gasteiger partial charge in [-0.2, -0.15) is 0 Å². The number of carbonyl (C=O) groups is 2. The first-order chi connectivity index (χ1) is 27.9. The van der Waals surface area contributed by atoms with Crippen molar-refractivity contribution in [3.05, 3.63) is 164 Å². The van der Waals surface area contributed by atoms with Gasteiger partial charge in [0.15, 0.2) is 0 Å². The summed E-state index contributed by atoms with van der Waals surface area (Å²) in [7, 11) is 0. The van der Waals surface area contributed by atoms with E-state index in [0.29, 0.717) is 11.5 Å². The minimum absolute atomic E-state index is 0.388. The van der Waals surface area contributed by atoms with Crippen LogP contribution in [0.5, 0.6) is 11.5 Å². The van der Waals surface area contributed by atoms with Crippen LogP contribution in [0.3, 0.4) is 0 Å². The van der Waals surface area contributed by atoms with Crippen LogP contribution >= 0.6 is 22.7 Å². The molecular weight excluding hydrogens is 747 g/mol. The summed E-state index contributed by atoms with van der Waals surface area (Å²) >= 11 is 3.14. The predicted molar refractivity (Wildman–Crippen MR) is 232 cm³/mol. The van der Waals surface area contributed by atoms with E-state index < -0.39 is 0 Å². The fourth-order valence-corrected chi connectivity index (χ4v) is 8.83. The molecule has 0 unspecified atom stereocenters. The zero-order chi connectivity index (χ0) is 38.9. The lowest BCUT2D eigenvalue weighted by Gasteiger charge is -2.26. The number of anilines is 3. The van der Waals surface area contributed by atoms with Crippen LogP contribution in [0.15, 0.2) is 164 Å². The fourth-order valence-electron chi connectivity index (χ4n) is 6.84. The van der Waals surface area contributed by atoms with Gasteiger partial charge in [-0.3, -0.25) is 9.59 Å². The molecule has 0 aliphatic carbocycles. The van der Waals surface area contributed by atoms with Crippen molar-refractivity contribution in [3.8, 4) is 54.9 Å². The molecular formula is C48H33N3O4S2. The number of benzene rings is 7. The molecule has 0 aliphatic rings. The van der Waals surface area contributed by atoms with Crippen LogP contribution in [0.1, 0.15) is 13.8 Å². The second-order valence-corrected chi connectivity index (χ2v) is 15.4. The molecule has 9 heteroatoms. The molecule has 9 aromatic rings. The van der Waals surface area contributed by atoms with E-state index in [1.165, 1.54) is 13.8 Å². The highest BCUT2D eigenvalue weighted by molar-refractivity contribution is 7.22. The summed E-state index contributed by atoms with van der Waals surface area (Å²) in [4.78, 5) is 36.2. The molecule has 0 bridgehead atoms. The summed E-state index contributed by atoms with van der Waals surface area (Å²) in [6.07, 6.45) is 0. The first-order valence-corrected chi connectivity index (χ1v) is 19.9. The van der Waals surface area contributed by atoms with E-state index in [1.807, 2.05) is 103 Å². The molecule has 9 rings (SSSR count). The van der Waals surface area contributed by atoms with E-state index in [9.17, 15) is 9.59 Å². The number of hydrogen-bond donors (Lipinski definition) is 0. The van der Waals surface area contributed by atoms with Crippen LogP contribution in [-0.4, -0.2) is 21.9 Å². The van der Waals surface area contributed by atoms with Crippen LogP contribution in [0.2, 0.25) is 0 Å². The number of rotatable bonds is 9. The van der Waals surface area contributed by atoms with Crippen LogP contribution in [0.4, 0.5) is 17.1 Å². The SMILES string of the molecule is CC(=O)Oc1cc(-c2ccc(N(c3ccccc3)c3ccc(-c4ccc(-c5nc6ccccc6s5)c(OC(C)=O)c4)cc3)cc2)ccc1-c1nc2ccccc2s1. The van der Waals surface area contributed by atoms with Crippen molar-refractivity contribution in [1.29, 1.82) is 0 Å². The number of esters is 2. The van der Waals surface area contributed by atoms with Gasteiger partial charge in [-0.25, -0.2) is 9.97 Å². The zero-order valence-corrected chi connectivity index (χ0v) is 32.5.